The van der Waals surface area contributed by atoms with Crippen LogP contribution in [-0.2, 0) is 9.53 Å². The average Bonchev–Trinajstić information content (AvgIpc) is 2.28. The quantitative estimate of drug-likeness (QED) is 0.611. The predicted molar refractivity (Wildman–Crippen MR) is 60.5 cm³/mol. The van der Waals surface area contributed by atoms with Gasteiger partial charge in [-0.1, -0.05) is 0 Å². The van der Waals surface area contributed by atoms with E-state index in [0.717, 1.165) is 12.3 Å². The molecule has 0 N–H and O–H groups in total. The normalized spacial score (nSPS) is 10.3. The summed E-state index contributed by atoms with van der Waals surface area (Å²) in [5.74, 6) is -2.33. The van der Waals surface area contributed by atoms with E-state index in [1.165, 1.54) is 0 Å². The number of hydrogen-bond acceptors (Lipinski definition) is 4. The average molecular weight is 252 g/mol. The van der Waals surface area contributed by atoms with Gasteiger partial charge in [-0.3, -0.25) is 9.79 Å². The number of carbonyl (C=O) groups excluding carboxylic acids is 1. The molecule has 4 nitrogen and oxygen atoms in total. The summed E-state index contributed by atoms with van der Waals surface area (Å²) < 4.78 is 30.8. The van der Waals surface area contributed by atoms with Crippen LogP contribution in [0.15, 0.2) is 17.1 Å². The molecule has 0 amide bonds. The molecule has 1 aromatic rings. The topological polar surface area (TPSA) is 62.4 Å². The van der Waals surface area contributed by atoms with Crippen molar-refractivity contribution in [3.8, 4) is 6.07 Å². The molecular formula is C12H10F2N2O2. The predicted octanol–water partition coefficient (Wildman–Crippen LogP) is 2.49. The third-order valence-electron chi connectivity index (χ3n) is 1.94. The van der Waals surface area contributed by atoms with Crippen molar-refractivity contribution >= 4 is 17.9 Å². The van der Waals surface area contributed by atoms with Gasteiger partial charge in [0.2, 0.25) is 0 Å². The van der Waals surface area contributed by atoms with Crippen LogP contribution in [0.25, 0.3) is 0 Å². The summed E-state index contributed by atoms with van der Waals surface area (Å²) in [5, 5.41) is 8.70. The van der Waals surface area contributed by atoms with Crippen molar-refractivity contribution in [2.75, 3.05) is 6.61 Å². The molecule has 0 spiro atoms. The zero-order valence-electron chi connectivity index (χ0n) is 9.61. The van der Waals surface area contributed by atoms with E-state index in [2.05, 4.69) is 9.73 Å². The van der Waals surface area contributed by atoms with E-state index >= 15 is 0 Å². The number of esters is 1. The van der Waals surface area contributed by atoms with Crippen LogP contribution < -0.4 is 0 Å². The molecule has 0 radical (unpaired) electrons. The Kier molecular flexibility index (Phi) is 4.93. The molecule has 0 heterocycles. The maximum absolute atomic E-state index is 13.2. The van der Waals surface area contributed by atoms with Crippen molar-refractivity contribution in [3.63, 3.8) is 0 Å². The monoisotopic (exact) mass is 252 g/mol. The van der Waals surface area contributed by atoms with E-state index in [-0.39, 0.29) is 24.3 Å². The third kappa shape index (κ3) is 3.63. The van der Waals surface area contributed by atoms with E-state index < -0.39 is 17.6 Å². The van der Waals surface area contributed by atoms with E-state index in [4.69, 9.17) is 5.26 Å². The smallest absolute Gasteiger partial charge is 0.311 e. The molecule has 18 heavy (non-hydrogen) atoms. The maximum atomic E-state index is 13.2. The van der Waals surface area contributed by atoms with Crippen molar-refractivity contribution in [2.24, 2.45) is 4.99 Å². The lowest BCUT2D eigenvalue weighted by Gasteiger charge is -2.00. The second-order valence-electron chi connectivity index (χ2n) is 3.21. The first kappa shape index (κ1) is 13.8. The fraction of sp³-hybridized carbons (Fsp3) is 0.250. The molecule has 0 saturated carbocycles. The molecule has 0 aliphatic rings. The lowest BCUT2D eigenvalue weighted by Crippen LogP contribution is -2.03. The van der Waals surface area contributed by atoms with Gasteiger partial charge in [0, 0.05) is 18.3 Å². The standard InChI is InChI=1S/C12H10F2N2O2/c1-2-18-12(17)3-4-16-11-6-8(13)5-10(14)9(11)7-15/h4-6H,2-3H2,1H3. The van der Waals surface area contributed by atoms with Crippen LogP contribution in [0.1, 0.15) is 18.9 Å². The fourth-order valence-corrected chi connectivity index (χ4v) is 1.21. The molecule has 0 aliphatic heterocycles. The van der Waals surface area contributed by atoms with Crippen LogP contribution in [0.3, 0.4) is 0 Å². The highest BCUT2D eigenvalue weighted by molar-refractivity contribution is 5.87. The number of carbonyl (C=O) groups is 1. The Balaban J connectivity index is 2.88. The minimum absolute atomic E-state index is 0.128. The largest absolute Gasteiger partial charge is 0.466 e. The molecule has 94 valence electrons. The van der Waals surface area contributed by atoms with Gasteiger partial charge in [0.05, 0.1) is 18.7 Å². The Morgan fingerprint density at radius 3 is 2.89 bits per heavy atom. The number of nitriles is 1. The Morgan fingerprint density at radius 2 is 2.28 bits per heavy atom. The number of aliphatic imine (C=N–C) groups is 1. The van der Waals surface area contributed by atoms with E-state index in [0.29, 0.717) is 6.07 Å². The lowest BCUT2D eigenvalue weighted by molar-refractivity contribution is -0.141. The van der Waals surface area contributed by atoms with E-state index in [1.807, 2.05) is 0 Å². The number of ether oxygens (including phenoxy) is 1. The Hall–Kier alpha value is -2.29. The molecule has 0 unspecified atom stereocenters. The summed E-state index contributed by atoms with van der Waals surface area (Å²) >= 11 is 0. The van der Waals surface area contributed by atoms with Crippen molar-refractivity contribution in [2.45, 2.75) is 13.3 Å². The zero-order chi connectivity index (χ0) is 13.5. The number of hydrogen-bond donors (Lipinski definition) is 0. The van der Waals surface area contributed by atoms with Crippen LogP contribution in [0.2, 0.25) is 0 Å². The van der Waals surface area contributed by atoms with Gasteiger partial charge in [-0.2, -0.15) is 5.26 Å². The number of benzene rings is 1. The van der Waals surface area contributed by atoms with Gasteiger partial charge < -0.3 is 4.74 Å². The van der Waals surface area contributed by atoms with Crippen molar-refractivity contribution in [1.82, 2.24) is 0 Å². The van der Waals surface area contributed by atoms with Crippen LogP contribution in [-0.4, -0.2) is 18.8 Å². The fourth-order valence-electron chi connectivity index (χ4n) is 1.21. The number of nitrogens with zero attached hydrogens (tertiary/aromatic N) is 2. The highest BCUT2D eigenvalue weighted by atomic mass is 19.1. The summed E-state index contributed by atoms with van der Waals surface area (Å²) in [6.45, 7) is 1.90. The molecule has 0 bridgehead atoms. The molecule has 1 rings (SSSR count). The van der Waals surface area contributed by atoms with Gasteiger partial charge in [0.15, 0.2) is 0 Å². The van der Waals surface area contributed by atoms with Gasteiger partial charge in [-0.15, -0.1) is 0 Å². The highest BCUT2D eigenvalue weighted by Gasteiger charge is 2.10. The molecule has 0 atom stereocenters. The zero-order valence-corrected chi connectivity index (χ0v) is 9.61. The second kappa shape index (κ2) is 6.45. The van der Waals surface area contributed by atoms with Crippen molar-refractivity contribution in [3.05, 3.63) is 29.3 Å². The Bertz CT molecular complexity index is 522. The molecule has 6 heteroatoms. The number of rotatable bonds is 4. The van der Waals surface area contributed by atoms with E-state index in [1.54, 1.807) is 13.0 Å². The third-order valence-corrected chi connectivity index (χ3v) is 1.94. The summed E-state index contributed by atoms with van der Waals surface area (Å²) in [4.78, 5) is 14.7. The molecule has 1 aromatic carbocycles. The summed E-state index contributed by atoms with van der Waals surface area (Å²) in [7, 11) is 0. The minimum Gasteiger partial charge on any atom is -0.466 e. The summed E-state index contributed by atoms with van der Waals surface area (Å²) in [6, 6.07) is 3.10. The highest BCUT2D eigenvalue weighted by Crippen LogP contribution is 2.22. The van der Waals surface area contributed by atoms with Crippen molar-refractivity contribution < 1.29 is 18.3 Å². The molecule has 0 saturated heterocycles. The first-order valence-electron chi connectivity index (χ1n) is 5.15. The van der Waals surface area contributed by atoms with Crippen LogP contribution in [0.5, 0.6) is 0 Å². The SMILES string of the molecule is CCOC(=O)CC=Nc1cc(F)cc(F)c1C#N. The minimum atomic E-state index is -0.985. The van der Waals surface area contributed by atoms with Gasteiger partial charge in [0.25, 0.3) is 0 Å². The van der Waals surface area contributed by atoms with Gasteiger partial charge >= 0.3 is 5.97 Å². The van der Waals surface area contributed by atoms with E-state index in [9.17, 15) is 13.6 Å². The van der Waals surface area contributed by atoms with Crippen LogP contribution in [0, 0.1) is 23.0 Å². The molecule has 0 aromatic heterocycles. The van der Waals surface area contributed by atoms with Crippen molar-refractivity contribution in [1.29, 1.82) is 5.26 Å². The van der Waals surface area contributed by atoms with Crippen LogP contribution in [0.4, 0.5) is 14.5 Å². The maximum Gasteiger partial charge on any atom is 0.311 e. The Morgan fingerprint density at radius 1 is 1.56 bits per heavy atom. The first-order valence-corrected chi connectivity index (χ1v) is 5.15. The first-order chi connectivity index (χ1) is 8.58. The Labute approximate surface area is 103 Å². The van der Waals surface area contributed by atoms with Gasteiger partial charge in [0.1, 0.15) is 23.3 Å². The summed E-state index contributed by atoms with van der Waals surface area (Å²) in [6.07, 6.45) is 1.02. The molecule has 0 fully saturated rings. The number of halogens is 2. The lowest BCUT2D eigenvalue weighted by atomic mass is 10.2. The summed E-state index contributed by atoms with van der Waals surface area (Å²) in [5.41, 5.74) is -0.518. The molecule has 0 aliphatic carbocycles. The second-order valence-corrected chi connectivity index (χ2v) is 3.21. The van der Waals surface area contributed by atoms with Gasteiger partial charge in [-0.05, 0) is 6.92 Å². The van der Waals surface area contributed by atoms with Crippen LogP contribution >= 0.6 is 0 Å². The van der Waals surface area contributed by atoms with Gasteiger partial charge in [-0.25, -0.2) is 8.78 Å². The molecular weight excluding hydrogens is 242 g/mol.